The van der Waals surface area contributed by atoms with Gasteiger partial charge in [-0.25, -0.2) is 0 Å². The molecule has 3 nitrogen and oxygen atoms in total. The van der Waals surface area contributed by atoms with Gasteiger partial charge in [0.25, 0.3) is 0 Å². The lowest BCUT2D eigenvalue weighted by molar-refractivity contribution is 0.0282. The van der Waals surface area contributed by atoms with Crippen molar-refractivity contribution < 1.29 is 5.11 Å². The molecule has 3 heterocycles. The van der Waals surface area contributed by atoms with Crippen molar-refractivity contribution in [2.24, 2.45) is 0 Å². The summed E-state index contributed by atoms with van der Waals surface area (Å²) < 4.78 is 0. The molecule has 0 aromatic rings. The van der Waals surface area contributed by atoms with Crippen molar-refractivity contribution in [2.75, 3.05) is 19.6 Å². The molecule has 3 aliphatic heterocycles. The molecule has 3 fully saturated rings. The Labute approximate surface area is 80.1 Å². The van der Waals surface area contributed by atoms with E-state index in [4.69, 9.17) is 0 Å². The Bertz CT molecular complexity index is 166. The monoisotopic (exact) mass is 184 g/mol. The zero-order chi connectivity index (χ0) is 9.26. The molecule has 0 aromatic carbocycles. The summed E-state index contributed by atoms with van der Waals surface area (Å²) in [5.41, 5.74) is 0. The van der Waals surface area contributed by atoms with E-state index in [1.165, 1.54) is 12.8 Å². The fourth-order valence-corrected chi connectivity index (χ4v) is 2.42. The standard InChI is InChI=1S/C10H20N2O/c1-2-10(13)7-12-6-8-3-4-9(12)5-11-8/h8-11,13H,2-7H2,1H3. The van der Waals surface area contributed by atoms with E-state index < -0.39 is 0 Å². The minimum atomic E-state index is -0.126. The van der Waals surface area contributed by atoms with E-state index >= 15 is 0 Å². The van der Waals surface area contributed by atoms with E-state index in [1.807, 2.05) is 6.92 Å². The van der Waals surface area contributed by atoms with Crippen LogP contribution in [0.4, 0.5) is 0 Å². The highest BCUT2D eigenvalue weighted by Crippen LogP contribution is 2.22. The van der Waals surface area contributed by atoms with Crippen LogP contribution in [-0.4, -0.2) is 47.8 Å². The second-order valence-corrected chi connectivity index (χ2v) is 4.35. The summed E-state index contributed by atoms with van der Waals surface area (Å²) in [7, 11) is 0. The Morgan fingerprint density at radius 2 is 2.38 bits per heavy atom. The fraction of sp³-hybridized carbons (Fsp3) is 1.00. The number of rotatable bonds is 3. The first-order chi connectivity index (χ1) is 6.29. The number of aliphatic hydroxyl groups is 1. The molecule has 76 valence electrons. The van der Waals surface area contributed by atoms with Crippen LogP contribution in [0.15, 0.2) is 0 Å². The number of hydrogen-bond acceptors (Lipinski definition) is 3. The van der Waals surface area contributed by atoms with Gasteiger partial charge in [0.2, 0.25) is 0 Å². The van der Waals surface area contributed by atoms with Crippen LogP contribution < -0.4 is 5.32 Å². The molecule has 0 radical (unpaired) electrons. The second-order valence-electron chi connectivity index (χ2n) is 4.35. The average molecular weight is 184 g/mol. The number of hydrogen-bond donors (Lipinski definition) is 2. The van der Waals surface area contributed by atoms with Crippen LogP contribution in [0.2, 0.25) is 0 Å². The van der Waals surface area contributed by atoms with Crippen LogP contribution in [0.25, 0.3) is 0 Å². The molecule has 3 rings (SSSR count). The Morgan fingerprint density at radius 3 is 2.85 bits per heavy atom. The largest absolute Gasteiger partial charge is 0.392 e. The predicted octanol–water partition coefficient (Wildman–Crippen LogP) is 0.193. The molecule has 0 amide bonds. The van der Waals surface area contributed by atoms with Gasteiger partial charge >= 0.3 is 0 Å². The summed E-state index contributed by atoms with van der Waals surface area (Å²) in [5, 5.41) is 13.1. The number of piperidine rings is 2. The van der Waals surface area contributed by atoms with Gasteiger partial charge in [-0.05, 0) is 19.3 Å². The molecule has 3 saturated heterocycles. The molecule has 3 atom stereocenters. The molecule has 0 aromatic heterocycles. The topological polar surface area (TPSA) is 35.5 Å². The molecule has 0 saturated carbocycles. The Hall–Kier alpha value is -0.120. The van der Waals surface area contributed by atoms with Crippen LogP contribution in [0.1, 0.15) is 26.2 Å². The SMILES string of the molecule is CCC(O)CN1CC2CCC1CN2. The highest BCUT2D eigenvalue weighted by Gasteiger charge is 2.33. The highest BCUT2D eigenvalue weighted by atomic mass is 16.3. The zero-order valence-electron chi connectivity index (χ0n) is 8.37. The van der Waals surface area contributed by atoms with Crippen LogP contribution in [0, 0.1) is 0 Å². The van der Waals surface area contributed by atoms with Gasteiger partial charge in [-0.1, -0.05) is 6.92 Å². The maximum absolute atomic E-state index is 9.58. The number of nitrogens with one attached hydrogen (secondary N) is 1. The maximum atomic E-state index is 9.58. The van der Waals surface area contributed by atoms with Gasteiger partial charge in [0.05, 0.1) is 6.10 Å². The molecule has 13 heavy (non-hydrogen) atoms. The summed E-state index contributed by atoms with van der Waals surface area (Å²) in [6, 6.07) is 1.38. The molecular weight excluding hydrogens is 164 g/mol. The van der Waals surface area contributed by atoms with Crippen LogP contribution >= 0.6 is 0 Å². The number of aliphatic hydroxyl groups excluding tert-OH is 1. The van der Waals surface area contributed by atoms with E-state index in [0.717, 1.165) is 26.1 Å². The lowest BCUT2D eigenvalue weighted by atomic mass is 9.92. The van der Waals surface area contributed by atoms with Crippen molar-refractivity contribution in [1.82, 2.24) is 10.2 Å². The fourth-order valence-electron chi connectivity index (χ4n) is 2.42. The van der Waals surface area contributed by atoms with Crippen LogP contribution in [0.5, 0.6) is 0 Å². The maximum Gasteiger partial charge on any atom is 0.0664 e. The van der Waals surface area contributed by atoms with E-state index in [-0.39, 0.29) is 6.10 Å². The quantitative estimate of drug-likeness (QED) is 0.657. The number of fused-ring (bicyclic) bond motifs is 3. The van der Waals surface area contributed by atoms with Gasteiger partial charge in [0.1, 0.15) is 0 Å². The minimum absolute atomic E-state index is 0.126. The third-order valence-electron chi connectivity index (χ3n) is 3.38. The van der Waals surface area contributed by atoms with Gasteiger partial charge < -0.3 is 10.4 Å². The number of piperazine rings is 1. The highest BCUT2D eigenvalue weighted by molar-refractivity contribution is 4.93. The van der Waals surface area contributed by atoms with Gasteiger partial charge in [-0.3, -0.25) is 4.90 Å². The molecule has 3 aliphatic rings. The lowest BCUT2D eigenvalue weighted by Gasteiger charge is -2.46. The molecule has 2 bridgehead atoms. The first-order valence-corrected chi connectivity index (χ1v) is 5.45. The van der Waals surface area contributed by atoms with Crippen molar-refractivity contribution in [3.63, 3.8) is 0 Å². The minimum Gasteiger partial charge on any atom is -0.392 e. The third kappa shape index (κ3) is 2.03. The molecule has 0 spiro atoms. The van der Waals surface area contributed by atoms with Crippen molar-refractivity contribution in [2.45, 2.75) is 44.4 Å². The van der Waals surface area contributed by atoms with Crippen molar-refractivity contribution in [3.8, 4) is 0 Å². The van der Waals surface area contributed by atoms with Crippen molar-refractivity contribution in [3.05, 3.63) is 0 Å². The summed E-state index contributed by atoms with van der Waals surface area (Å²) >= 11 is 0. The Balaban J connectivity index is 1.86. The Kier molecular flexibility index (Phi) is 2.86. The molecule has 3 unspecified atom stereocenters. The lowest BCUT2D eigenvalue weighted by Crippen LogP contribution is -2.62. The van der Waals surface area contributed by atoms with Crippen LogP contribution in [0.3, 0.4) is 0 Å². The average Bonchev–Trinajstić information content (AvgIpc) is 2.19. The summed E-state index contributed by atoms with van der Waals surface area (Å²) in [6.07, 6.45) is 3.39. The molecular formula is C10H20N2O. The van der Waals surface area contributed by atoms with E-state index in [1.54, 1.807) is 0 Å². The van der Waals surface area contributed by atoms with Gasteiger partial charge in [-0.15, -0.1) is 0 Å². The van der Waals surface area contributed by atoms with Crippen molar-refractivity contribution in [1.29, 1.82) is 0 Å². The second kappa shape index (κ2) is 3.95. The van der Waals surface area contributed by atoms with Gasteiger partial charge in [0.15, 0.2) is 0 Å². The van der Waals surface area contributed by atoms with Gasteiger partial charge in [-0.2, -0.15) is 0 Å². The molecule has 3 heteroatoms. The van der Waals surface area contributed by atoms with E-state index in [9.17, 15) is 5.11 Å². The van der Waals surface area contributed by atoms with Crippen molar-refractivity contribution >= 4 is 0 Å². The van der Waals surface area contributed by atoms with E-state index in [2.05, 4.69) is 10.2 Å². The predicted molar refractivity (Wildman–Crippen MR) is 52.7 cm³/mol. The first-order valence-electron chi connectivity index (χ1n) is 5.45. The third-order valence-corrected chi connectivity index (χ3v) is 3.38. The zero-order valence-corrected chi connectivity index (χ0v) is 8.37. The summed E-state index contributed by atoms with van der Waals surface area (Å²) in [4.78, 5) is 2.46. The summed E-state index contributed by atoms with van der Waals surface area (Å²) in [5.74, 6) is 0. The Morgan fingerprint density at radius 1 is 1.54 bits per heavy atom. The molecule has 0 aliphatic carbocycles. The first kappa shape index (κ1) is 9.44. The molecule has 2 N–H and O–H groups in total. The number of nitrogens with zero attached hydrogens (tertiary/aromatic N) is 1. The normalized spacial score (nSPS) is 36.5. The van der Waals surface area contributed by atoms with Gasteiger partial charge in [0, 0.05) is 31.7 Å². The smallest absolute Gasteiger partial charge is 0.0664 e. The van der Waals surface area contributed by atoms with Crippen LogP contribution in [-0.2, 0) is 0 Å². The van der Waals surface area contributed by atoms with E-state index in [0.29, 0.717) is 12.1 Å². The summed E-state index contributed by atoms with van der Waals surface area (Å²) in [6.45, 7) is 5.19.